The van der Waals surface area contributed by atoms with Crippen LogP contribution in [-0.2, 0) is 17.7 Å². The smallest absolute Gasteiger partial charge is 0.350 e. The number of hydrogen-bond acceptors (Lipinski definition) is 5. The third-order valence-corrected chi connectivity index (χ3v) is 3.99. The van der Waals surface area contributed by atoms with Crippen LogP contribution in [0.2, 0.25) is 0 Å². The molecule has 0 atom stereocenters. The SMILES string of the molecule is C1CO[Si]2(OCCN1)OCCO2. The number of rotatable bonds is 0. The minimum Gasteiger partial charge on any atom is -0.350 e. The molecule has 0 unspecified atom stereocenters. The van der Waals surface area contributed by atoms with Gasteiger partial charge in [0.1, 0.15) is 0 Å². The van der Waals surface area contributed by atoms with Gasteiger partial charge in [0.2, 0.25) is 0 Å². The summed E-state index contributed by atoms with van der Waals surface area (Å²) in [6.07, 6.45) is 0. The highest BCUT2D eigenvalue weighted by atomic mass is 28.4. The first-order chi connectivity index (χ1) is 5.91. The van der Waals surface area contributed by atoms with E-state index in [1.807, 2.05) is 0 Å². The Morgan fingerprint density at radius 1 is 0.750 bits per heavy atom. The Morgan fingerprint density at radius 2 is 1.25 bits per heavy atom. The second kappa shape index (κ2) is 3.82. The van der Waals surface area contributed by atoms with Crippen LogP contribution in [0.4, 0.5) is 0 Å². The predicted octanol–water partition coefficient (Wildman–Crippen LogP) is -0.895. The van der Waals surface area contributed by atoms with Crippen LogP contribution < -0.4 is 5.32 Å². The summed E-state index contributed by atoms with van der Waals surface area (Å²) in [5.41, 5.74) is 0. The Hall–Kier alpha value is 0.0169. The van der Waals surface area contributed by atoms with Crippen molar-refractivity contribution in [2.45, 2.75) is 0 Å². The molecule has 6 heteroatoms. The molecule has 0 amide bonds. The molecular formula is C6H13NO4Si. The fourth-order valence-corrected chi connectivity index (χ4v) is 3.08. The Kier molecular flexibility index (Phi) is 2.74. The van der Waals surface area contributed by atoms with Crippen molar-refractivity contribution in [2.75, 3.05) is 39.5 Å². The second-order valence-corrected chi connectivity index (χ2v) is 4.80. The molecule has 0 saturated carbocycles. The van der Waals surface area contributed by atoms with E-state index >= 15 is 0 Å². The van der Waals surface area contributed by atoms with Crippen molar-refractivity contribution in [3.63, 3.8) is 0 Å². The van der Waals surface area contributed by atoms with Crippen molar-refractivity contribution in [3.8, 4) is 0 Å². The normalized spacial score (nSPS) is 30.0. The van der Waals surface area contributed by atoms with E-state index in [0.717, 1.165) is 13.1 Å². The lowest BCUT2D eigenvalue weighted by Crippen LogP contribution is -2.49. The zero-order valence-electron chi connectivity index (χ0n) is 6.88. The van der Waals surface area contributed by atoms with Crippen LogP contribution in [0.25, 0.3) is 0 Å². The summed E-state index contributed by atoms with van der Waals surface area (Å²) in [4.78, 5) is 0. The Bertz CT molecular complexity index is 140. The van der Waals surface area contributed by atoms with Gasteiger partial charge in [-0.25, -0.2) is 0 Å². The van der Waals surface area contributed by atoms with Crippen LogP contribution in [0.1, 0.15) is 0 Å². The second-order valence-electron chi connectivity index (χ2n) is 2.64. The maximum absolute atomic E-state index is 5.44. The van der Waals surface area contributed by atoms with E-state index in [9.17, 15) is 0 Å². The van der Waals surface area contributed by atoms with Crippen LogP contribution in [0.3, 0.4) is 0 Å². The summed E-state index contributed by atoms with van der Waals surface area (Å²) in [6, 6.07) is 0. The molecule has 0 aromatic carbocycles. The molecule has 12 heavy (non-hydrogen) atoms. The van der Waals surface area contributed by atoms with Gasteiger partial charge in [-0.15, -0.1) is 0 Å². The van der Waals surface area contributed by atoms with Crippen molar-refractivity contribution in [1.82, 2.24) is 5.32 Å². The van der Waals surface area contributed by atoms with E-state index in [0.29, 0.717) is 26.4 Å². The monoisotopic (exact) mass is 191 g/mol. The minimum atomic E-state index is -2.64. The van der Waals surface area contributed by atoms with Gasteiger partial charge in [0.25, 0.3) is 0 Å². The standard InChI is InChI=1S/C6H13NO4Si/c1-3-8-12(9-4-2-7-1)10-5-6-11-12/h7H,1-6H2. The highest BCUT2D eigenvalue weighted by Crippen LogP contribution is 2.17. The van der Waals surface area contributed by atoms with Gasteiger partial charge < -0.3 is 23.0 Å². The van der Waals surface area contributed by atoms with Crippen LogP contribution in [0, 0.1) is 0 Å². The van der Waals surface area contributed by atoms with Crippen molar-refractivity contribution in [2.24, 2.45) is 0 Å². The maximum atomic E-state index is 5.44. The summed E-state index contributed by atoms with van der Waals surface area (Å²) >= 11 is 0. The highest BCUT2D eigenvalue weighted by molar-refractivity contribution is 6.54. The molecule has 1 spiro atoms. The zero-order chi connectivity index (χ0) is 8.28. The van der Waals surface area contributed by atoms with Crippen molar-refractivity contribution < 1.29 is 17.7 Å². The van der Waals surface area contributed by atoms with Gasteiger partial charge in [-0.3, -0.25) is 0 Å². The Morgan fingerprint density at radius 3 is 1.83 bits per heavy atom. The van der Waals surface area contributed by atoms with Gasteiger partial charge in [0.15, 0.2) is 0 Å². The lowest BCUT2D eigenvalue weighted by Gasteiger charge is -2.24. The van der Waals surface area contributed by atoms with Crippen molar-refractivity contribution >= 4 is 9.05 Å². The van der Waals surface area contributed by atoms with Gasteiger partial charge in [0, 0.05) is 13.1 Å². The van der Waals surface area contributed by atoms with Gasteiger partial charge in [0.05, 0.1) is 26.4 Å². The van der Waals surface area contributed by atoms with Crippen molar-refractivity contribution in [1.29, 1.82) is 0 Å². The van der Waals surface area contributed by atoms with Gasteiger partial charge in [-0.05, 0) is 0 Å². The van der Waals surface area contributed by atoms with Crippen molar-refractivity contribution in [3.05, 3.63) is 0 Å². The average molecular weight is 191 g/mol. The van der Waals surface area contributed by atoms with E-state index in [1.165, 1.54) is 0 Å². The molecule has 2 rings (SSSR count). The molecular weight excluding hydrogens is 178 g/mol. The minimum absolute atomic E-state index is 0.597. The molecule has 70 valence electrons. The average Bonchev–Trinajstić information content (AvgIpc) is 2.47. The van der Waals surface area contributed by atoms with E-state index in [4.69, 9.17) is 17.7 Å². The molecule has 2 heterocycles. The summed E-state index contributed by atoms with van der Waals surface area (Å²) in [5, 5.41) is 3.15. The molecule has 2 saturated heterocycles. The lowest BCUT2D eigenvalue weighted by atomic mass is 10.6. The first kappa shape index (κ1) is 8.61. The highest BCUT2D eigenvalue weighted by Gasteiger charge is 2.49. The molecule has 2 fully saturated rings. The summed E-state index contributed by atoms with van der Waals surface area (Å²) in [7, 11) is -2.64. The van der Waals surface area contributed by atoms with E-state index in [2.05, 4.69) is 5.32 Å². The van der Waals surface area contributed by atoms with E-state index in [1.54, 1.807) is 0 Å². The zero-order valence-corrected chi connectivity index (χ0v) is 7.88. The Labute approximate surface area is 72.4 Å². The number of hydrogen-bond donors (Lipinski definition) is 1. The van der Waals surface area contributed by atoms with E-state index in [-0.39, 0.29) is 0 Å². The van der Waals surface area contributed by atoms with Crippen LogP contribution >= 0.6 is 0 Å². The molecule has 2 aliphatic rings. The van der Waals surface area contributed by atoms with Gasteiger partial charge in [-0.2, -0.15) is 0 Å². The number of nitrogens with one attached hydrogen (secondary N) is 1. The summed E-state index contributed by atoms with van der Waals surface area (Å²) in [5.74, 6) is 0. The first-order valence-corrected chi connectivity index (χ1v) is 5.81. The molecule has 0 bridgehead atoms. The molecule has 0 radical (unpaired) electrons. The van der Waals surface area contributed by atoms with Crippen LogP contribution in [0.5, 0.6) is 0 Å². The van der Waals surface area contributed by atoms with E-state index < -0.39 is 9.05 Å². The maximum Gasteiger partial charge on any atom is 0.679 e. The summed E-state index contributed by atoms with van der Waals surface area (Å²) in [6.45, 7) is 4.08. The molecule has 0 aromatic heterocycles. The molecule has 0 aliphatic carbocycles. The Balaban J connectivity index is 1.92. The largest absolute Gasteiger partial charge is 0.679 e. The first-order valence-electron chi connectivity index (χ1n) is 4.18. The molecule has 5 nitrogen and oxygen atoms in total. The van der Waals surface area contributed by atoms with Crippen LogP contribution in [-0.4, -0.2) is 48.6 Å². The predicted molar refractivity (Wildman–Crippen MR) is 42.4 cm³/mol. The summed E-state index contributed by atoms with van der Waals surface area (Å²) < 4.78 is 21.6. The fourth-order valence-electron chi connectivity index (χ4n) is 1.20. The third kappa shape index (κ3) is 1.84. The quantitative estimate of drug-likeness (QED) is 0.503. The molecule has 0 aromatic rings. The third-order valence-electron chi connectivity index (χ3n) is 1.76. The molecule has 1 N–H and O–H groups in total. The van der Waals surface area contributed by atoms with Gasteiger partial charge in [-0.1, -0.05) is 0 Å². The fraction of sp³-hybridized carbons (Fsp3) is 1.00. The van der Waals surface area contributed by atoms with Gasteiger partial charge >= 0.3 is 9.05 Å². The topological polar surface area (TPSA) is 49.0 Å². The molecule has 2 aliphatic heterocycles. The van der Waals surface area contributed by atoms with Crippen LogP contribution in [0.15, 0.2) is 0 Å². The lowest BCUT2D eigenvalue weighted by molar-refractivity contribution is 0.0149.